The lowest BCUT2D eigenvalue weighted by Gasteiger charge is -2.23. The van der Waals surface area contributed by atoms with Gasteiger partial charge in [0.15, 0.2) is 0 Å². The van der Waals surface area contributed by atoms with Crippen molar-refractivity contribution in [2.75, 3.05) is 19.8 Å². The highest BCUT2D eigenvalue weighted by atomic mass is 19.4. The Labute approximate surface area is 116 Å². The first-order chi connectivity index (χ1) is 9.40. The van der Waals surface area contributed by atoms with Crippen LogP contribution in [0, 0.1) is 16.7 Å². The topological polar surface area (TPSA) is 62.1 Å². The summed E-state index contributed by atoms with van der Waals surface area (Å²) in [5, 5.41) is 11.8. The molecule has 0 saturated heterocycles. The van der Waals surface area contributed by atoms with Crippen LogP contribution in [0.5, 0.6) is 0 Å². The van der Waals surface area contributed by atoms with E-state index in [1.54, 1.807) is 0 Å². The predicted octanol–water partition coefficient (Wildman–Crippen LogP) is 2.55. The molecule has 1 N–H and O–H groups in total. The van der Waals surface area contributed by atoms with Crippen molar-refractivity contribution in [3.63, 3.8) is 0 Å². The monoisotopic (exact) mass is 292 g/mol. The second-order valence-corrected chi connectivity index (χ2v) is 5.03. The van der Waals surface area contributed by atoms with E-state index in [1.165, 1.54) is 0 Å². The van der Waals surface area contributed by atoms with E-state index >= 15 is 0 Å². The van der Waals surface area contributed by atoms with E-state index in [0.717, 1.165) is 25.7 Å². The van der Waals surface area contributed by atoms with Gasteiger partial charge >= 0.3 is 6.18 Å². The van der Waals surface area contributed by atoms with E-state index in [-0.39, 0.29) is 13.2 Å². The summed E-state index contributed by atoms with van der Waals surface area (Å²) in [6, 6.07) is 2.09. The molecule has 1 saturated carbocycles. The molecule has 1 rings (SSSR count). The van der Waals surface area contributed by atoms with E-state index in [1.807, 2.05) is 0 Å². The molecule has 0 atom stereocenters. The summed E-state index contributed by atoms with van der Waals surface area (Å²) >= 11 is 0. The van der Waals surface area contributed by atoms with Crippen LogP contribution in [-0.4, -0.2) is 31.8 Å². The molecular weight excluding hydrogens is 273 g/mol. The van der Waals surface area contributed by atoms with Crippen LogP contribution in [0.2, 0.25) is 0 Å². The van der Waals surface area contributed by atoms with Crippen molar-refractivity contribution in [2.45, 2.75) is 44.7 Å². The van der Waals surface area contributed by atoms with Crippen molar-refractivity contribution >= 4 is 5.91 Å². The van der Waals surface area contributed by atoms with Crippen molar-refractivity contribution in [3.05, 3.63) is 0 Å². The molecule has 0 heterocycles. The number of hydrogen-bond acceptors (Lipinski definition) is 3. The number of carbonyl (C=O) groups is 1. The first-order valence-electron chi connectivity index (χ1n) is 6.74. The van der Waals surface area contributed by atoms with Crippen LogP contribution in [0.3, 0.4) is 0 Å². The van der Waals surface area contributed by atoms with Gasteiger partial charge < -0.3 is 10.1 Å². The summed E-state index contributed by atoms with van der Waals surface area (Å²) in [5.74, 6) is -0.391. The Morgan fingerprint density at radius 1 is 1.25 bits per heavy atom. The van der Waals surface area contributed by atoms with Crippen LogP contribution in [0.15, 0.2) is 0 Å². The van der Waals surface area contributed by atoms with Crippen LogP contribution in [-0.2, 0) is 9.53 Å². The maximum absolute atomic E-state index is 12.1. The number of rotatable bonds is 5. The minimum absolute atomic E-state index is 0.0155. The van der Waals surface area contributed by atoms with Gasteiger partial charge in [-0.25, -0.2) is 0 Å². The number of hydrogen-bond donors (Lipinski definition) is 1. The van der Waals surface area contributed by atoms with Gasteiger partial charge in [-0.15, -0.1) is 0 Å². The highest BCUT2D eigenvalue weighted by molar-refractivity contribution is 5.85. The number of alkyl halides is 3. The molecule has 1 fully saturated rings. The van der Waals surface area contributed by atoms with Crippen molar-refractivity contribution in [1.29, 1.82) is 5.26 Å². The Morgan fingerprint density at radius 2 is 1.85 bits per heavy atom. The molecule has 1 aliphatic rings. The van der Waals surface area contributed by atoms with Crippen LogP contribution >= 0.6 is 0 Å². The zero-order valence-corrected chi connectivity index (χ0v) is 11.3. The number of nitrogens with zero attached hydrogens (tertiary/aromatic N) is 1. The molecule has 1 aliphatic carbocycles. The minimum atomic E-state index is -4.36. The summed E-state index contributed by atoms with van der Waals surface area (Å²) in [6.45, 7) is -1.56. The fraction of sp³-hybridized carbons (Fsp3) is 0.846. The van der Waals surface area contributed by atoms with Crippen LogP contribution in [0.25, 0.3) is 0 Å². The van der Waals surface area contributed by atoms with Gasteiger partial charge in [-0.3, -0.25) is 4.79 Å². The lowest BCUT2D eigenvalue weighted by Crippen LogP contribution is -2.41. The number of nitriles is 1. The fourth-order valence-corrected chi connectivity index (χ4v) is 2.32. The average molecular weight is 292 g/mol. The molecule has 114 valence electrons. The zero-order chi connectivity index (χ0) is 15.1. The number of amides is 1. The van der Waals surface area contributed by atoms with E-state index < -0.39 is 24.1 Å². The van der Waals surface area contributed by atoms with Crippen molar-refractivity contribution in [3.8, 4) is 6.07 Å². The molecule has 20 heavy (non-hydrogen) atoms. The lowest BCUT2D eigenvalue weighted by molar-refractivity contribution is -0.173. The number of halogens is 3. The zero-order valence-electron chi connectivity index (χ0n) is 11.3. The third-order valence-corrected chi connectivity index (χ3v) is 3.40. The molecule has 0 aliphatic heterocycles. The fourth-order valence-electron chi connectivity index (χ4n) is 2.32. The molecule has 0 unspecified atom stereocenters. The first-order valence-corrected chi connectivity index (χ1v) is 6.74. The van der Waals surface area contributed by atoms with Crippen LogP contribution in [0.4, 0.5) is 13.2 Å². The molecule has 1 amide bonds. The van der Waals surface area contributed by atoms with Gasteiger partial charge in [0.05, 0.1) is 12.7 Å². The van der Waals surface area contributed by atoms with Crippen LogP contribution < -0.4 is 5.32 Å². The largest absolute Gasteiger partial charge is 0.411 e. The van der Waals surface area contributed by atoms with E-state index in [9.17, 15) is 23.2 Å². The van der Waals surface area contributed by atoms with Gasteiger partial charge in [0.2, 0.25) is 5.91 Å². The maximum atomic E-state index is 12.1. The molecule has 0 aromatic heterocycles. The molecule has 4 nitrogen and oxygen atoms in total. The molecule has 0 aromatic carbocycles. The van der Waals surface area contributed by atoms with Gasteiger partial charge in [0.25, 0.3) is 0 Å². The van der Waals surface area contributed by atoms with Gasteiger partial charge in [0.1, 0.15) is 12.0 Å². The molecule has 0 radical (unpaired) electrons. The highest BCUT2D eigenvalue weighted by Crippen LogP contribution is 2.34. The van der Waals surface area contributed by atoms with Gasteiger partial charge in [-0.05, 0) is 12.8 Å². The van der Waals surface area contributed by atoms with Gasteiger partial charge in [-0.2, -0.15) is 18.4 Å². The predicted molar refractivity (Wildman–Crippen MR) is 65.6 cm³/mol. The quantitative estimate of drug-likeness (QED) is 0.625. The Balaban J connectivity index is 2.35. The third-order valence-electron chi connectivity index (χ3n) is 3.40. The minimum Gasteiger partial charge on any atom is -0.370 e. The Bertz CT molecular complexity index is 356. The van der Waals surface area contributed by atoms with E-state index in [4.69, 9.17) is 0 Å². The normalized spacial score (nSPS) is 18.9. The maximum Gasteiger partial charge on any atom is 0.411 e. The third kappa shape index (κ3) is 5.37. The molecule has 0 bridgehead atoms. The summed E-state index contributed by atoms with van der Waals surface area (Å²) in [7, 11) is 0. The molecular formula is C13H19F3N2O2. The standard InChI is InChI=1S/C13H19F3N2O2/c14-13(15,16)10-20-8-7-18-11(19)12(9-17)5-3-1-2-4-6-12/h1-8,10H2,(H,18,19). The lowest BCUT2D eigenvalue weighted by atomic mass is 9.81. The average Bonchev–Trinajstić information content (AvgIpc) is 2.63. The Morgan fingerprint density at radius 3 is 2.35 bits per heavy atom. The Hall–Kier alpha value is -1.29. The summed E-state index contributed by atoms with van der Waals surface area (Å²) < 4.78 is 39.9. The number of nitrogens with one attached hydrogen (secondary N) is 1. The second kappa shape index (κ2) is 7.48. The van der Waals surface area contributed by atoms with Crippen molar-refractivity contribution in [2.24, 2.45) is 5.41 Å². The summed E-state index contributed by atoms with van der Waals surface area (Å²) in [6.07, 6.45) is 0.324. The SMILES string of the molecule is N#CC1(C(=O)NCCOCC(F)(F)F)CCCCCC1. The molecule has 0 spiro atoms. The van der Waals surface area contributed by atoms with Gasteiger partial charge in [-0.1, -0.05) is 25.7 Å². The smallest absolute Gasteiger partial charge is 0.370 e. The van der Waals surface area contributed by atoms with E-state index in [2.05, 4.69) is 16.1 Å². The molecule has 7 heteroatoms. The van der Waals surface area contributed by atoms with Crippen molar-refractivity contribution < 1.29 is 22.7 Å². The first kappa shape index (κ1) is 16.8. The highest BCUT2D eigenvalue weighted by Gasteiger charge is 2.38. The summed E-state index contributed by atoms with van der Waals surface area (Å²) in [5.41, 5.74) is -1.03. The second-order valence-electron chi connectivity index (χ2n) is 5.03. The molecule has 0 aromatic rings. The Kier molecular flexibility index (Phi) is 6.27. The van der Waals surface area contributed by atoms with Crippen LogP contribution in [0.1, 0.15) is 38.5 Å². The van der Waals surface area contributed by atoms with Gasteiger partial charge in [0, 0.05) is 6.54 Å². The number of ether oxygens (including phenoxy) is 1. The number of carbonyl (C=O) groups excluding carboxylic acids is 1. The summed E-state index contributed by atoms with van der Waals surface area (Å²) in [4.78, 5) is 12.1. The van der Waals surface area contributed by atoms with E-state index in [0.29, 0.717) is 12.8 Å². The van der Waals surface area contributed by atoms with Crippen molar-refractivity contribution in [1.82, 2.24) is 5.32 Å².